The van der Waals surface area contributed by atoms with Crippen LogP contribution >= 0.6 is 0 Å². The summed E-state index contributed by atoms with van der Waals surface area (Å²) in [6, 6.07) is 6.96. The van der Waals surface area contributed by atoms with Gasteiger partial charge >= 0.3 is 6.09 Å². The van der Waals surface area contributed by atoms with Gasteiger partial charge in [-0.1, -0.05) is 6.08 Å². The maximum absolute atomic E-state index is 11.7. The highest BCUT2D eigenvalue weighted by Crippen LogP contribution is 2.22. The Bertz CT molecular complexity index is 1210. The maximum atomic E-state index is 11.7. The van der Waals surface area contributed by atoms with Crippen LogP contribution in [-0.4, -0.2) is 58.4 Å². The zero-order chi connectivity index (χ0) is 20.6. The number of nitrogens with zero attached hydrogens (tertiary/aromatic N) is 4. The number of amides is 1. The minimum Gasteiger partial charge on any atom is -0.465 e. The molecule has 8 nitrogen and oxygen atoms in total. The van der Waals surface area contributed by atoms with E-state index in [0.717, 1.165) is 27.9 Å². The van der Waals surface area contributed by atoms with Crippen molar-refractivity contribution in [1.29, 1.82) is 0 Å². The fourth-order valence-corrected chi connectivity index (χ4v) is 4.06. The molecule has 0 bridgehead atoms. The van der Waals surface area contributed by atoms with Crippen LogP contribution in [0.2, 0.25) is 0 Å². The minimum absolute atomic E-state index is 0.300. The smallest absolute Gasteiger partial charge is 0.407 e. The molecule has 0 fully saturated rings. The van der Waals surface area contributed by atoms with Gasteiger partial charge in [-0.15, -0.1) is 0 Å². The predicted molar refractivity (Wildman–Crippen MR) is 108 cm³/mol. The second-order valence-corrected chi connectivity index (χ2v) is 9.05. The summed E-state index contributed by atoms with van der Waals surface area (Å²) in [6.45, 7) is 1.33. The van der Waals surface area contributed by atoms with Crippen molar-refractivity contribution in [3.05, 3.63) is 60.3 Å². The monoisotopic (exact) mass is 412 g/mol. The van der Waals surface area contributed by atoms with Gasteiger partial charge in [-0.05, 0) is 36.3 Å². The topological polar surface area (TPSA) is 105 Å². The van der Waals surface area contributed by atoms with Gasteiger partial charge in [0.1, 0.15) is 0 Å². The van der Waals surface area contributed by atoms with Crippen molar-refractivity contribution in [2.75, 3.05) is 19.3 Å². The molecule has 9 heteroatoms. The van der Waals surface area contributed by atoms with E-state index in [-0.39, 0.29) is 0 Å². The Morgan fingerprint density at radius 3 is 2.66 bits per heavy atom. The van der Waals surface area contributed by atoms with Crippen molar-refractivity contribution in [3.8, 4) is 0 Å². The number of rotatable bonds is 4. The van der Waals surface area contributed by atoms with Crippen LogP contribution in [0.1, 0.15) is 17.8 Å². The van der Waals surface area contributed by atoms with E-state index in [1.165, 1.54) is 11.2 Å². The molecule has 0 unspecified atom stereocenters. The molecule has 4 rings (SSSR count). The second-order valence-electron chi connectivity index (χ2n) is 7.04. The molecule has 3 heterocycles. The molecular weight excluding hydrogens is 392 g/mol. The largest absolute Gasteiger partial charge is 0.465 e. The molecule has 1 N–H and O–H groups in total. The number of sulfone groups is 1. The fourth-order valence-electron chi connectivity index (χ4n) is 3.40. The number of benzene rings is 1. The van der Waals surface area contributed by atoms with E-state index < -0.39 is 15.9 Å². The predicted octanol–water partition coefficient (Wildman–Crippen LogP) is 2.65. The van der Waals surface area contributed by atoms with Crippen molar-refractivity contribution in [2.24, 2.45) is 0 Å². The van der Waals surface area contributed by atoms with Gasteiger partial charge in [-0.2, -0.15) is 0 Å². The molecule has 0 spiro atoms. The number of carbonyl (C=O) groups is 1. The van der Waals surface area contributed by atoms with Crippen LogP contribution in [0.3, 0.4) is 0 Å². The number of hydrogen-bond acceptors (Lipinski definition) is 5. The van der Waals surface area contributed by atoms with E-state index in [9.17, 15) is 13.2 Å². The average Bonchev–Trinajstić information content (AvgIpc) is 3.10. The Morgan fingerprint density at radius 1 is 1.21 bits per heavy atom. The first-order valence-corrected chi connectivity index (χ1v) is 11.0. The number of fused-ring (bicyclic) bond motifs is 1. The van der Waals surface area contributed by atoms with Crippen LogP contribution in [0.5, 0.6) is 0 Å². The van der Waals surface area contributed by atoms with Crippen LogP contribution in [0.4, 0.5) is 4.79 Å². The van der Waals surface area contributed by atoms with Crippen molar-refractivity contribution in [2.45, 2.75) is 17.9 Å². The average molecular weight is 412 g/mol. The summed E-state index contributed by atoms with van der Waals surface area (Å²) in [5.41, 5.74) is 3.46. The first-order valence-electron chi connectivity index (χ1n) is 9.08. The van der Waals surface area contributed by atoms with Crippen molar-refractivity contribution < 1.29 is 18.3 Å². The molecule has 0 saturated carbocycles. The summed E-state index contributed by atoms with van der Waals surface area (Å²) in [7, 11) is -3.24. The van der Waals surface area contributed by atoms with Crippen LogP contribution in [0.25, 0.3) is 16.5 Å². The lowest BCUT2D eigenvalue weighted by Crippen LogP contribution is -2.33. The second kappa shape index (κ2) is 7.32. The SMILES string of the molecule is CS(=O)(=O)c1ccc2c(ccn2Cc2cnc(C3=CCN(C(=O)O)CC3)cn2)c1. The standard InChI is InChI=1S/C20H20N4O4S/c1-29(27,28)17-2-3-19-15(10-17)6-9-24(19)13-16-11-22-18(12-21-16)14-4-7-23(8-5-14)20(25)26/h2-4,6,9-12H,5,7-8,13H2,1H3,(H,25,26). The first-order chi connectivity index (χ1) is 13.8. The van der Waals surface area contributed by atoms with E-state index in [2.05, 4.69) is 9.97 Å². The lowest BCUT2D eigenvalue weighted by molar-refractivity contribution is 0.150. The summed E-state index contributed by atoms with van der Waals surface area (Å²) in [5, 5.41) is 9.88. The summed E-state index contributed by atoms with van der Waals surface area (Å²) >= 11 is 0. The Kier molecular flexibility index (Phi) is 4.83. The summed E-state index contributed by atoms with van der Waals surface area (Å²) in [5.74, 6) is 0. The Morgan fingerprint density at radius 2 is 2.03 bits per heavy atom. The fraction of sp³-hybridized carbons (Fsp3) is 0.250. The third kappa shape index (κ3) is 4.00. The summed E-state index contributed by atoms with van der Waals surface area (Å²) in [6.07, 6.45) is 8.11. The van der Waals surface area contributed by atoms with E-state index in [4.69, 9.17) is 5.11 Å². The quantitative estimate of drug-likeness (QED) is 0.706. The van der Waals surface area contributed by atoms with Gasteiger partial charge in [-0.25, -0.2) is 13.2 Å². The molecule has 2 aromatic heterocycles. The molecule has 1 aliphatic heterocycles. The molecule has 0 aliphatic carbocycles. The molecule has 29 heavy (non-hydrogen) atoms. The van der Waals surface area contributed by atoms with E-state index in [0.29, 0.717) is 31.0 Å². The molecule has 1 aromatic carbocycles. The highest BCUT2D eigenvalue weighted by molar-refractivity contribution is 7.90. The lowest BCUT2D eigenvalue weighted by Gasteiger charge is -2.23. The van der Waals surface area contributed by atoms with Crippen LogP contribution in [0.15, 0.2) is 53.8 Å². The van der Waals surface area contributed by atoms with Crippen LogP contribution < -0.4 is 0 Å². The van der Waals surface area contributed by atoms with Gasteiger partial charge in [0, 0.05) is 36.4 Å². The van der Waals surface area contributed by atoms with E-state index >= 15 is 0 Å². The lowest BCUT2D eigenvalue weighted by atomic mass is 10.1. The van der Waals surface area contributed by atoms with Crippen LogP contribution in [0, 0.1) is 0 Å². The number of carboxylic acid groups (broad SMARTS) is 1. The normalized spacial score (nSPS) is 14.8. The molecule has 3 aromatic rings. The minimum atomic E-state index is -3.24. The van der Waals surface area contributed by atoms with Crippen LogP contribution in [-0.2, 0) is 16.4 Å². The third-order valence-electron chi connectivity index (χ3n) is 5.02. The van der Waals surface area contributed by atoms with E-state index in [1.807, 2.05) is 22.9 Å². The molecule has 150 valence electrons. The number of hydrogen-bond donors (Lipinski definition) is 1. The Balaban J connectivity index is 1.52. The van der Waals surface area contributed by atoms with Gasteiger partial charge in [0.05, 0.1) is 35.2 Å². The Labute approximate surface area is 168 Å². The van der Waals surface area contributed by atoms with Gasteiger partial charge in [0.15, 0.2) is 9.84 Å². The van der Waals surface area contributed by atoms with Crippen molar-refractivity contribution in [1.82, 2.24) is 19.4 Å². The van der Waals surface area contributed by atoms with Gasteiger partial charge in [0.2, 0.25) is 0 Å². The first kappa shape index (κ1) is 19.1. The Hall–Kier alpha value is -3.20. The highest BCUT2D eigenvalue weighted by atomic mass is 32.2. The summed E-state index contributed by atoms with van der Waals surface area (Å²) < 4.78 is 25.4. The molecule has 1 aliphatic rings. The molecule has 0 atom stereocenters. The molecule has 0 saturated heterocycles. The number of aromatic nitrogens is 3. The highest BCUT2D eigenvalue weighted by Gasteiger charge is 2.17. The van der Waals surface area contributed by atoms with Gasteiger partial charge < -0.3 is 14.6 Å². The molecule has 1 amide bonds. The zero-order valence-electron chi connectivity index (χ0n) is 15.8. The summed E-state index contributed by atoms with van der Waals surface area (Å²) in [4.78, 5) is 21.6. The third-order valence-corrected chi connectivity index (χ3v) is 6.13. The van der Waals surface area contributed by atoms with E-state index in [1.54, 1.807) is 30.6 Å². The zero-order valence-corrected chi connectivity index (χ0v) is 16.6. The van der Waals surface area contributed by atoms with Crippen molar-refractivity contribution in [3.63, 3.8) is 0 Å². The maximum Gasteiger partial charge on any atom is 0.407 e. The molecular formula is C20H20N4O4S. The van der Waals surface area contributed by atoms with Gasteiger partial charge in [0.25, 0.3) is 0 Å². The molecule has 0 radical (unpaired) electrons. The van der Waals surface area contributed by atoms with Gasteiger partial charge in [-0.3, -0.25) is 9.97 Å². The van der Waals surface area contributed by atoms with Crippen molar-refractivity contribution >= 4 is 32.4 Å².